The number of hydrogen-bond donors (Lipinski definition) is 2. The Hall–Kier alpha value is -0.520. The Balaban J connectivity index is 0.00000324. The maximum absolute atomic E-state index is 11.7. The number of benzene rings is 1. The predicted octanol–water partition coefficient (Wildman–Crippen LogP) is 2.63. The fourth-order valence-electron chi connectivity index (χ4n) is 1.58. The first-order valence-corrected chi connectivity index (χ1v) is 6.33. The van der Waals surface area contributed by atoms with Crippen molar-refractivity contribution in [2.75, 3.05) is 25.5 Å². The van der Waals surface area contributed by atoms with Crippen molar-refractivity contribution in [3.05, 3.63) is 28.2 Å². The van der Waals surface area contributed by atoms with Crippen LogP contribution >= 0.6 is 35.6 Å². The number of anilines is 1. The molecule has 0 aliphatic heterocycles. The fourth-order valence-corrected chi connectivity index (χ4v) is 1.87. The van der Waals surface area contributed by atoms with Gasteiger partial charge in [0.2, 0.25) is 5.91 Å². The van der Waals surface area contributed by atoms with Crippen LogP contribution in [0.15, 0.2) is 18.2 Å². The van der Waals surface area contributed by atoms with Crippen molar-refractivity contribution < 1.29 is 4.79 Å². The molecule has 0 fully saturated rings. The van der Waals surface area contributed by atoms with E-state index in [1.54, 1.807) is 18.2 Å². The molecule has 4 nitrogen and oxygen atoms in total. The minimum Gasteiger partial charge on any atom is -0.327 e. The molecule has 0 spiro atoms. The largest absolute Gasteiger partial charge is 0.327 e. The third kappa shape index (κ3) is 6.99. The lowest BCUT2D eigenvalue weighted by molar-refractivity contribution is -0.117. The SMILES string of the molecule is CC(N)CN(C)CC(=O)Nc1ccc(Cl)c(Cl)c1.Cl. The number of amides is 1. The molecule has 0 saturated heterocycles. The third-order valence-electron chi connectivity index (χ3n) is 2.22. The van der Waals surface area contributed by atoms with Gasteiger partial charge >= 0.3 is 0 Å². The summed E-state index contributed by atoms with van der Waals surface area (Å²) in [6.45, 7) is 2.84. The molecule has 1 unspecified atom stereocenters. The topological polar surface area (TPSA) is 58.4 Å². The highest BCUT2D eigenvalue weighted by Gasteiger charge is 2.09. The normalized spacial score (nSPS) is 11.9. The molecule has 3 N–H and O–H groups in total. The number of hydrogen-bond acceptors (Lipinski definition) is 3. The lowest BCUT2D eigenvalue weighted by Crippen LogP contribution is -2.37. The predicted molar refractivity (Wildman–Crippen MR) is 83.5 cm³/mol. The number of carbonyl (C=O) groups is 1. The number of halogens is 3. The van der Waals surface area contributed by atoms with Crippen molar-refractivity contribution in [1.29, 1.82) is 0 Å². The van der Waals surface area contributed by atoms with Gasteiger partial charge in [0.15, 0.2) is 0 Å². The first kappa shape index (κ1) is 18.5. The van der Waals surface area contributed by atoms with Gasteiger partial charge in [-0.3, -0.25) is 9.69 Å². The lowest BCUT2D eigenvalue weighted by atomic mass is 10.3. The highest BCUT2D eigenvalue weighted by atomic mass is 35.5. The quantitative estimate of drug-likeness (QED) is 0.874. The van der Waals surface area contributed by atoms with E-state index in [-0.39, 0.29) is 30.9 Å². The first-order valence-electron chi connectivity index (χ1n) is 5.57. The molecule has 1 aromatic carbocycles. The maximum Gasteiger partial charge on any atom is 0.238 e. The standard InChI is InChI=1S/C12H17Cl2N3O.ClH/c1-8(15)6-17(2)7-12(18)16-9-3-4-10(13)11(14)5-9;/h3-5,8H,6-7,15H2,1-2H3,(H,16,18);1H. The Bertz CT molecular complexity index is 427. The molecule has 7 heteroatoms. The zero-order valence-corrected chi connectivity index (χ0v) is 13.1. The summed E-state index contributed by atoms with van der Waals surface area (Å²) in [7, 11) is 1.85. The summed E-state index contributed by atoms with van der Waals surface area (Å²) >= 11 is 11.7. The minimum absolute atomic E-state index is 0. The van der Waals surface area contributed by atoms with Crippen LogP contribution < -0.4 is 11.1 Å². The molecule has 108 valence electrons. The van der Waals surface area contributed by atoms with Gasteiger partial charge in [-0.05, 0) is 32.2 Å². The van der Waals surface area contributed by atoms with Crippen molar-refractivity contribution in [3.63, 3.8) is 0 Å². The smallest absolute Gasteiger partial charge is 0.238 e. The monoisotopic (exact) mass is 325 g/mol. The van der Waals surface area contributed by atoms with E-state index in [1.807, 2.05) is 18.9 Å². The Morgan fingerprint density at radius 1 is 1.42 bits per heavy atom. The summed E-state index contributed by atoms with van der Waals surface area (Å²) in [5, 5.41) is 3.63. The lowest BCUT2D eigenvalue weighted by Gasteiger charge is -2.18. The molecule has 0 aliphatic carbocycles. The Kier molecular flexibility index (Phi) is 8.38. The van der Waals surface area contributed by atoms with Crippen LogP contribution in [0.3, 0.4) is 0 Å². The number of nitrogens with two attached hydrogens (primary N) is 1. The Morgan fingerprint density at radius 3 is 2.58 bits per heavy atom. The zero-order valence-electron chi connectivity index (χ0n) is 10.8. The van der Waals surface area contributed by atoms with Crippen LogP contribution in [0.25, 0.3) is 0 Å². The average Bonchev–Trinajstić information content (AvgIpc) is 2.21. The molecule has 0 saturated carbocycles. The van der Waals surface area contributed by atoms with Crippen molar-refractivity contribution in [3.8, 4) is 0 Å². The van der Waals surface area contributed by atoms with E-state index < -0.39 is 0 Å². The number of carbonyl (C=O) groups excluding carboxylic acids is 1. The van der Waals surface area contributed by atoms with Crippen molar-refractivity contribution in [2.24, 2.45) is 5.73 Å². The second-order valence-electron chi connectivity index (χ2n) is 4.35. The van der Waals surface area contributed by atoms with Crippen LogP contribution in [0, 0.1) is 0 Å². The first-order chi connectivity index (χ1) is 8.38. The Labute approximate surface area is 129 Å². The molecule has 0 heterocycles. The molecular formula is C12H18Cl3N3O. The molecule has 1 atom stereocenters. The van der Waals surface area contributed by atoms with E-state index >= 15 is 0 Å². The van der Waals surface area contributed by atoms with E-state index in [0.717, 1.165) is 0 Å². The second kappa shape index (κ2) is 8.61. The van der Waals surface area contributed by atoms with Gasteiger partial charge in [0.05, 0.1) is 16.6 Å². The van der Waals surface area contributed by atoms with Gasteiger partial charge < -0.3 is 11.1 Å². The molecule has 0 radical (unpaired) electrons. The van der Waals surface area contributed by atoms with Gasteiger partial charge in [-0.25, -0.2) is 0 Å². The number of nitrogens with zero attached hydrogens (tertiary/aromatic N) is 1. The molecule has 1 rings (SSSR count). The van der Waals surface area contributed by atoms with Crippen LogP contribution in [-0.2, 0) is 4.79 Å². The van der Waals surface area contributed by atoms with E-state index in [2.05, 4.69) is 5.32 Å². The van der Waals surface area contributed by atoms with E-state index in [9.17, 15) is 4.79 Å². The van der Waals surface area contributed by atoms with Gasteiger partial charge in [0, 0.05) is 18.3 Å². The molecule has 1 aromatic rings. The van der Waals surface area contributed by atoms with E-state index in [4.69, 9.17) is 28.9 Å². The third-order valence-corrected chi connectivity index (χ3v) is 2.96. The van der Waals surface area contributed by atoms with Crippen LogP contribution in [0.4, 0.5) is 5.69 Å². The van der Waals surface area contributed by atoms with Crippen molar-refractivity contribution in [2.45, 2.75) is 13.0 Å². The van der Waals surface area contributed by atoms with Crippen LogP contribution in [0.1, 0.15) is 6.92 Å². The van der Waals surface area contributed by atoms with E-state index in [1.165, 1.54) is 0 Å². The molecule has 0 bridgehead atoms. The molecule has 1 amide bonds. The average molecular weight is 327 g/mol. The Morgan fingerprint density at radius 2 is 2.05 bits per heavy atom. The van der Waals surface area contributed by atoms with Crippen LogP contribution in [0.5, 0.6) is 0 Å². The summed E-state index contributed by atoms with van der Waals surface area (Å²) in [5.41, 5.74) is 6.28. The highest BCUT2D eigenvalue weighted by molar-refractivity contribution is 6.42. The molecular weight excluding hydrogens is 309 g/mol. The van der Waals surface area contributed by atoms with Gasteiger partial charge in [-0.2, -0.15) is 0 Å². The van der Waals surface area contributed by atoms with Gasteiger partial charge in [0.25, 0.3) is 0 Å². The van der Waals surface area contributed by atoms with Gasteiger partial charge in [0.1, 0.15) is 0 Å². The van der Waals surface area contributed by atoms with Crippen molar-refractivity contribution in [1.82, 2.24) is 4.90 Å². The number of likely N-dealkylation sites (N-methyl/N-ethyl adjacent to an activating group) is 1. The highest BCUT2D eigenvalue weighted by Crippen LogP contribution is 2.24. The van der Waals surface area contributed by atoms with E-state index in [0.29, 0.717) is 22.3 Å². The second-order valence-corrected chi connectivity index (χ2v) is 5.17. The minimum atomic E-state index is -0.114. The fraction of sp³-hybridized carbons (Fsp3) is 0.417. The summed E-state index contributed by atoms with van der Waals surface area (Å²) in [6, 6.07) is 5.00. The number of nitrogens with one attached hydrogen (secondary N) is 1. The summed E-state index contributed by atoms with van der Waals surface area (Å²) < 4.78 is 0. The van der Waals surface area contributed by atoms with Crippen molar-refractivity contribution >= 4 is 47.2 Å². The van der Waals surface area contributed by atoms with Gasteiger partial charge in [-0.15, -0.1) is 12.4 Å². The maximum atomic E-state index is 11.7. The summed E-state index contributed by atoms with van der Waals surface area (Å²) in [5.74, 6) is -0.114. The zero-order chi connectivity index (χ0) is 13.7. The summed E-state index contributed by atoms with van der Waals surface area (Å²) in [4.78, 5) is 13.6. The van der Waals surface area contributed by atoms with Crippen LogP contribution in [0.2, 0.25) is 10.0 Å². The molecule has 19 heavy (non-hydrogen) atoms. The van der Waals surface area contributed by atoms with Gasteiger partial charge in [-0.1, -0.05) is 23.2 Å². The summed E-state index contributed by atoms with van der Waals surface area (Å²) in [6.07, 6.45) is 0. The van der Waals surface area contributed by atoms with Crippen LogP contribution in [-0.4, -0.2) is 37.0 Å². The molecule has 0 aromatic heterocycles. The molecule has 0 aliphatic rings. The number of rotatable bonds is 5.